The van der Waals surface area contributed by atoms with E-state index in [1.807, 2.05) is 6.92 Å². The maximum Gasteiger partial charge on any atom is 0.332 e. The number of aryl methyl sites for hydroxylation is 1. The van der Waals surface area contributed by atoms with Gasteiger partial charge in [0.15, 0.2) is 0 Å². The number of rotatable bonds is 7. The van der Waals surface area contributed by atoms with Crippen LogP contribution in [0.2, 0.25) is 0 Å². The molecule has 7 heteroatoms. The molecule has 6 nitrogen and oxygen atoms in total. The van der Waals surface area contributed by atoms with Crippen molar-refractivity contribution in [3.05, 3.63) is 65.9 Å². The van der Waals surface area contributed by atoms with Crippen LogP contribution in [-0.4, -0.2) is 21.0 Å². The van der Waals surface area contributed by atoms with Crippen LogP contribution in [0, 0.1) is 6.92 Å². The van der Waals surface area contributed by atoms with Gasteiger partial charge >= 0.3 is 5.97 Å². The summed E-state index contributed by atoms with van der Waals surface area (Å²) in [6, 6.07) is 13.4. The van der Waals surface area contributed by atoms with Gasteiger partial charge in [-0.05, 0) is 57.2 Å². The van der Waals surface area contributed by atoms with Crippen LogP contribution in [0.3, 0.4) is 0 Å². The fraction of sp³-hybridized carbons (Fsp3) is 0.211. The predicted molar refractivity (Wildman–Crippen MR) is 102 cm³/mol. The molecule has 0 bridgehead atoms. The zero-order valence-electron chi connectivity index (χ0n) is 14.9. The smallest absolute Gasteiger partial charge is 0.332 e. The predicted octanol–water partition coefficient (Wildman–Crippen LogP) is 3.67. The summed E-state index contributed by atoms with van der Waals surface area (Å²) in [4.78, 5) is 11.6. The Balaban J connectivity index is 2.05. The minimum absolute atomic E-state index is 0.207. The molecule has 0 radical (unpaired) electrons. The van der Waals surface area contributed by atoms with E-state index in [2.05, 4.69) is 10.0 Å². The highest BCUT2D eigenvalue weighted by molar-refractivity contribution is 7.92. The molecule has 0 spiro atoms. The number of allylic oxidation sites excluding steroid dienone is 1. The van der Waals surface area contributed by atoms with Crippen LogP contribution < -0.4 is 10.0 Å². The molecule has 2 aromatic rings. The first-order chi connectivity index (χ1) is 12.3. The molecule has 0 aliphatic carbocycles. The SMILES string of the molecule is CCOC(=O)/C=C(\C)Nc1ccc(NS(=O)(=O)c2ccc(C)cc2)cc1. The lowest BCUT2D eigenvalue weighted by Gasteiger charge is -2.10. The molecule has 0 amide bonds. The summed E-state index contributed by atoms with van der Waals surface area (Å²) < 4.78 is 32.1. The minimum atomic E-state index is -3.63. The highest BCUT2D eigenvalue weighted by Crippen LogP contribution is 2.19. The van der Waals surface area contributed by atoms with E-state index >= 15 is 0 Å². The van der Waals surface area contributed by atoms with E-state index < -0.39 is 16.0 Å². The molecule has 26 heavy (non-hydrogen) atoms. The molecule has 2 aromatic carbocycles. The van der Waals surface area contributed by atoms with Gasteiger partial charge in [-0.3, -0.25) is 4.72 Å². The quantitative estimate of drug-likeness (QED) is 0.570. The number of anilines is 2. The van der Waals surface area contributed by atoms with Crippen molar-refractivity contribution in [3.63, 3.8) is 0 Å². The summed E-state index contributed by atoms with van der Waals surface area (Å²) in [6.07, 6.45) is 1.36. The van der Waals surface area contributed by atoms with E-state index in [1.165, 1.54) is 6.08 Å². The number of ether oxygens (including phenoxy) is 1. The summed E-state index contributed by atoms with van der Waals surface area (Å²) in [7, 11) is -3.63. The van der Waals surface area contributed by atoms with Crippen LogP contribution in [-0.2, 0) is 19.6 Å². The van der Waals surface area contributed by atoms with Gasteiger partial charge < -0.3 is 10.1 Å². The maximum absolute atomic E-state index is 12.4. The lowest BCUT2D eigenvalue weighted by Crippen LogP contribution is -2.12. The second kappa shape index (κ2) is 8.53. The van der Waals surface area contributed by atoms with Crippen LogP contribution >= 0.6 is 0 Å². The van der Waals surface area contributed by atoms with Gasteiger partial charge in [-0.2, -0.15) is 0 Å². The van der Waals surface area contributed by atoms with E-state index in [4.69, 9.17) is 4.74 Å². The molecule has 0 saturated carbocycles. The van der Waals surface area contributed by atoms with Crippen molar-refractivity contribution in [1.82, 2.24) is 0 Å². The van der Waals surface area contributed by atoms with E-state index in [1.54, 1.807) is 62.4 Å². The number of carbonyl (C=O) groups is 1. The Morgan fingerprint density at radius 3 is 2.19 bits per heavy atom. The first-order valence-corrected chi connectivity index (χ1v) is 9.60. The Morgan fingerprint density at radius 2 is 1.62 bits per heavy atom. The summed E-state index contributed by atoms with van der Waals surface area (Å²) in [5.74, 6) is -0.417. The molecule has 0 heterocycles. The number of hydrogen-bond acceptors (Lipinski definition) is 5. The van der Waals surface area contributed by atoms with Crippen LogP contribution in [0.4, 0.5) is 11.4 Å². The normalized spacial score (nSPS) is 11.7. The summed E-state index contributed by atoms with van der Waals surface area (Å²) in [5, 5.41) is 3.04. The first kappa shape index (κ1) is 19.5. The van der Waals surface area contributed by atoms with Crippen molar-refractivity contribution in [2.45, 2.75) is 25.7 Å². The fourth-order valence-corrected chi connectivity index (χ4v) is 3.24. The molecule has 0 saturated heterocycles. The summed E-state index contributed by atoms with van der Waals surface area (Å²) in [6.45, 7) is 5.70. The summed E-state index contributed by atoms with van der Waals surface area (Å²) >= 11 is 0. The second-order valence-electron chi connectivity index (χ2n) is 5.70. The molecule has 0 aliphatic rings. The lowest BCUT2D eigenvalue weighted by molar-refractivity contribution is -0.137. The van der Waals surface area contributed by atoms with Gasteiger partial charge in [0.25, 0.3) is 10.0 Å². The van der Waals surface area contributed by atoms with Gasteiger partial charge in [-0.25, -0.2) is 13.2 Å². The fourth-order valence-electron chi connectivity index (χ4n) is 2.18. The second-order valence-corrected chi connectivity index (χ2v) is 7.38. The minimum Gasteiger partial charge on any atom is -0.463 e. The van der Waals surface area contributed by atoms with E-state index in [-0.39, 0.29) is 4.90 Å². The molecule has 0 atom stereocenters. The Labute approximate surface area is 153 Å². The zero-order valence-corrected chi connectivity index (χ0v) is 15.8. The van der Waals surface area contributed by atoms with Gasteiger partial charge in [0, 0.05) is 23.1 Å². The summed E-state index contributed by atoms with van der Waals surface area (Å²) in [5.41, 5.74) is 2.78. The van der Waals surface area contributed by atoms with Crippen LogP contribution in [0.5, 0.6) is 0 Å². The first-order valence-electron chi connectivity index (χ1n) is 8.12. The van der Waals surface area contributed by atoms with Gasteiger partial charge in [-0.1, -0.05) is 17.7 Å². The molecule has 0 unspecified atom stereocenters. The molecule has 138 valence electrons. The Morgan fingerprint density at radius 1 is 1.04 bits per heavy atom. The third-order valence-corrected chi connectivity index (χ3v) is 4.83. The largest absolute Gasteiger partial charge is 0.463 e. The topological polar surface area (TPSA) is 84.5 Å². The molecule has 0 aromatic heterocycles. The van der Waals surface area contributed by atoms with Crippen molar-refractivity contribution in [1.29, 1.82) is 0 Å². The third-order valence-electron chi connectivity index (χ3n) is 3.43. The number of nitrogens with one attached hydrogen (secondary N) is 2. The van der Waals surface area contributed by atoms with Crippen molar-refractivity contribution >= 4 is 27.4 Å². The molecular weight excluding hydrogens is 352 g/mol. The van der Waals surface area contributed by atoms with Crippen LogP contribution in [0.15, 0.2) is 65.2 Å². The Bertz CT molecular complexity index is 886. The van der Waals surface area contributed by atoms with Crippen molar-refractivity contribution < 1.29 is 17.9 Å². The average Bonchev–Trinajstić information content (AvgIpc) is 2.57. The number of hydrogen-bond donors (Lipinski definition) is 2. The number of sulfonamides is 1. The number of esters is 1. The molecule has 0 aliphatic heterocycles. The van der Waals surface area contributed by atoms with Crippen molar-refractivity contribution in [2.75, 3.05) is 16.6 Å². The highest BCUT2D eigenvalue weighted by Gasteiger charge is 2.13. The van der Waals surface area contributed by atoms with Crippen LogP contribution in [0.1, 0.15) is 19.4 Å². The number of carbonyl (C=O) groups excluding carboxylic acids is 1. The third kappa shape index (κ3) is 5.63. The van der Waals surface area contributed by atoms with E-state index in [0.717, 1.165) is 11.3 Å². The van der Waals surface area contributed by atoms with Gasteiger partial charge in [0.05, 0.1) is 11.5 Å². The van der Waals surface area contributed by atoms with E-state index in [0.29, 0.717) is 18.0 Å². The standard InChI is InChI=1S/C19H22N2O4S/c1-4-25-19(22)13-15(3)20-16-7-9-17(10-8-16)21-26(23,24)18-11-5-14(2)6-12-18/h5-13,20-21H,4H2,1-3H3/b15-13+. The van der Waals surface area contributed by atoms with Crippen LogP contribution in [0.25, 0.3) is 0 Å². The Hall–Kier alpha value is -2.80. The zero-order chi connectivity index (χ0) is 19.2. The Kier molecular flexibility index (Phi) is 6.41. The van der Waals surface area contributed by atoms with E-state index in [9.17, 15) is 13.2 Å². The van der Waals surface area contributed by atoms with Gasteiger partial charge in [0.2, 0.25) is 0 Å². The molecule has 2 N–H and O–H groups in total. The average molecular weight is 374 g/mol. The lowest BCUT2D eigenvalue weighted by atomic mass is 10.2. The van der Waals surface area contributed by atoms with Gasteiger partial charge in [0.1, 0.15) is 0 Å². The van der Waals surface area contributed by atoms with Gasteiger partial charge in [-0.15, -0.1) is 0 Å². The number of benzene rings is 2. The molecular formula is C19H22N2O4S. The molecule has 2 rings (SSSR count). The monoisotopic (exact) mass is 374 g/mol. The highest BCUT2D eigenvalue weighted by atomic mass is 32.2. The van der Waals surface area contributed by atoms with Crippen molar-refractivity contribution in [3.8, 4) is 0 Å². The maximum atomic E-state index is 12.4. The van der Waals surface area contributed by atoms with Crippen molar-refractivity contribution in [2.24, 2.45) is 0 Å². The molecule has 0 fully saturated rings.